The van der Waals surface area contributed by atoms with E-state index in [1.54, 1.807) is 6.07 Å². The Labute approximate surface area is 100.0 Å². The number of nitrogens with two attached hydrogens (primary N) is 1. The predicted molar refractivity (Wildman–Crippen MR) is 64.5 cm³/mol. The number of amides is 1. The number of nitrogens with one attached hydrogen (secondary N) is 1. The molecule has 1 rings (SSSR count). The zero-order chi connectivity index (χ0) is 12.8. The molecule has 0 bridgehead atoms. The van der Waals surface area contributed by atoms with Crippen LogP contribution in [0.3, 0.4) is 0 Å². The van der Waals surface area contributed by atoms with Crippen molar-refractivity contribution in [2.75, 3.05) is 12.4 Å². The summed E-state index contributed by atoms with van der Waals surface area (Å²) in [5, 5.41) is 2.60. The Morgan fingerprint density at radius 2 is 2.29 bits per heavy atom. The topological polar surface area (TPSA) is 64.3 Å². The zero-order valence-electron chi connectivity index (χ0n) is 10.00. The lowest BCUT2D eigenvalue weighted by Crippen LogP contribution is -2.19. The van der Waals surface area contributed by atoms with Crippen LogP contribution in [0.15, 0.2) is 18.2 Å². The highest BCUT2D eigenvalue weighted by Crippen LogP contribution is 2.20. The molecule has 0 aliphatic carbocycles. The van der Waals surface area contributed by atoms with Gasteiger partial charge in [-0.15, -0.1) is 0 Å². The van der Waals surface area contributed by atoms with Gasteiger partial charge in [-0.25, -0.2) is 4.39 Å². The van der Waals surface area contributed by atoms with Crippen LogP contribution in [0.5, 0.6) is 5.75 Å². The summed E-state index contributed by atoms with van der Waals surface area (Å²) in [4.78, 5) is 11.5. The predicted octanol–water partition coefficient (Wildman–Crippen LogP) is 1.90. The van der Waals surface area contributed by atoms with Crippen LogP contribution < -0.4 is 15.8 Å². The third-order valence-corrected chi connectivity index (χ3v) is 2.26. The summed E-state index contributed by atoms with van der Waals surface area (Å²) in [5.74, 6) is -0.525. The molecule has 0 fully saturated rings. The van der Waals surface area contributed by atoms with Gasteiger partial charge in [0, 0.05) is 24.2 Å². The Hall–Kier alpha value is -1.62. The van der Waals surface area contributed by atoms with Gasteiger partial charge in [-0.05, 0) is 25.5 Å². The molecule has 0 heterocycles. The average molecular weight is 240 g/mol. The van der Waals surface area contributed by atoms with Gasteiger partial charge >= 0.3 is 0 Å². The molecule has 5 heteroatoms. The molecule has 94 valence electrons. The molecule has 1 aromatic rings. The summed E-state index contributed by atoms with van der Waals surface area (Å²) in [5.41, 5.74) is 5.95. The first-order valence-electron chi connectivity index (χ1n) is 5.42. The number of hydrogen-bond donors (Lipinski definition) is 2. The minimum absolute atomic E-state index is 0.0200. The molecule has 3 N–H and O–H groups in total. The fourth-order valence-corrected chi connectivity index (χ4v) is 1.33. The molecular formula is C12H17FN2O2. The first-order valence-corrected chi connectivity index (χ1v) is 5.42. The maximum atomic E-state index is 13.3. The average Bonchev–Trinajstić information content (AvgIpc) is 2.26. The molecular weight excluding hydrogens is 223 g/mol. The molecule has 0 radical (unpaired) electrons. The summed E-state index contributed by atoms with van der Waals surface area (Å²) in [6.45, 7) is 1.83. The smallest absolute Gasteiger partial charge is 0.224 e. The molecule has 0 saturated carbocycles. The number of anilines is 1. The largest absolute Gasteiger partial charge is 0.494 e. The van der Waals surface area contributed by atoms with E-state index in [0.29, 0.717) is 18.5 Å². The zero-order valence-corrected chi connectivity index (χ0v) is 10.00. The molecule has 0 aliphatic rings. The normalized spacial score (nSPS) is 12.0. The van der Waals surface area contributed by atoms with E-state index in [2.05, 4.69) is 5.32 Å². The third kappa shape index (κ3) is 4.40. The van der Waals surface area contributed by atoms with Gasteiger partial charge in [-0.3, -0.25) is 4.79 Å². The van der Waals surface area contributed by atoms with Gasteiger partial charge in [0.1, 0.15) is 0 Å². The summed E-state index contributed by atoms with van der Waals surface area (Å²) in [6.07, 6.45) is 0.926. The molecule has 0 aromatic heterocycles. The van der Waals surface area contributed by atoms with Crippen LogP contribution in [0, 0.1) is 5.82 Å². The molecule has 0 aliphatic heterocycles. The lowest BCUT2D eigenvalue weighted by molar-refractivity contribution is -0.116. The van der Waals surface area contributed by atoms with E-state index in [1.165, 1.54) is 19.2 Å². The first-order chi connectivity index (χ1) is 8.02. The highest BCUT2D eigenvalue weighted by Gasteiger charge is 2.07. The molecule has 1 unspecified atom stereocenters. The van der Waals surface area contributed by atoms with Crippen molar-refractivity contribution in [2.45, 2.75) is 25.8 Å². The lowest BCUT2D eigenvalue weighted by Gasteiger charge is -2.08. The summed E-state index contributed by atoms with van der Waals surface area (Å²) in [6, 6.07) is 4.26. The van der Waals surface area contributed by atoms with Crippen molar-refractivity contribution < 1.29 is 13.9 Å². The molecule has 0 spiro atoms. The third-order valence-electron chi connectivity index (χ3n) is 2.26. The van der Waals surface area contributed by atoms with Gasteiger partial charge in [0.2, 0.25) is 5.91 Å². The maximum absolute atomic E-state index is 13.3. The van der Waals surface area contributed by atoms with Crippen molar-refractivity contribution >= 4 is 11.6 Å². The van der Waals surface area contributed by atoms with Gasteiger partial charge in [0.15, 0.2) is 11.6 Å². The number of methoxy groups -OCH3 is 1. The SMILES string of the molecule is COc1ccc(NC(=O)CCC(C)N)cc1F. The van der Waals surface area contributed by atoms with Gasteiger partial charge in [0.25, 0.3) is 0 Å². The van der Waals surface area contributed by atoms with Crippen LogP contribution in [0.1, 0.15) is 19.8 Å². The van der Waals surface area contributed by atoms with Crippen LogP contribution in [0.4, 0.5) is 10.1 Å². The van der Waals surface area contributed by atoms with E-state index in [1.807, 2.05) is 6.92 Å². The number of carbonyl (C=O) groups is 1. The Balaban J connectivity index is 2.57. The second kappa shape index (κ2) is 6.20. The van der Waals surface area contributed by atoms with Crippen molar-refractivity contribution in [2.24, 2.45) is 5.73 Å². The fourth-order valence-electron chi connectivity index (χ4n) is 1.33. The summed E-state index contributed by atoms with van der Waals surface area (Å²) in [7, 11) is 1.39. The van der Waals surface area contributed by atoms with Crippen LogP contribution in [0.2, 0.25) is 0 Å². The molecule has 1 atom stereocenters. The quantitative estimate of drug-likeness (QED) is 0.826. The Morgan fingerprint density at radius 3 is 2.82 bits per heavy atom. The van der Waals surface area contributed by atoms with E-state index in [9.17, 15) is 9.18 Å². The fraction of sp³-hybridized carbons (Fsp3) is 0.417. The molecule has 1 aromatic carbocycles. The van der Waals surface area contributed by atoms with E-state index in [0.717, 1.165) is 0 Å². The van der Waals surface area contributed by atoms with Crippen molar-refractivity contribution in [3.63, 3.8) is 0 Å². The van der Waals surface area contributed by atoms with Crippen LogP contribution in [-0.4, -0.2) is 19.1 Å². The highest BCUT2D eigenvalue weighted by molar-refractivity contribution is 5.90. The summed E-state index contributed by atoms with van der Waals surface area (Å²) >= 11 is 0. The molecule has 17 heavy (non-hydrogen) atoms. The van der Waals surface area contributed by atoms with Gasteiger partial charge in [0.05, 0.1) is 7.11 Å². The van der Waals surface area contributed by atoms with E-state index >= 15 is 0 Å². The summed E-state index contributed by atoms with van der Waals surface area (Å²) < 4.78 is 18.1. The van der Waals surface area contributed by atoms with Crippen LogP contribution in [-0.2, 0) is 4.79 Å². The second-order valence-corrected chi connectivity index (χ2v) is 3.91. The monoisotopic (exact) mass is 240 g/mol. The number of rotatable bonds is 5. The van der Waals surface area contributed by atoms with Crippen molar-refractivity contribution in [1.82, 2.24) is 0 Å². The lowest BCUT2D eigenvalue weighted by atomic mass is 10.2. The molecule has 0 saturated heterocycles. The standard InChI is InChI=1S/C12H17FN2O2/c1-8(14)3-6-12(16)15-9-4-5-11(17-2)10(13)7-9/h4-5,7-8H,3,6,14H2,1-2H3,(H,15,16). The molecule has 4 nitrogen and oxygen atoms in total. The molecule has 1 amide bonds. The van der Waals surface area contributed by atoms with Crippen molar-refractivity contribution in [3.8, 4) is 5.75 Å². The minimum Gasteiger partial charge on any atom is -0.494 e. The van der Waals surface area contributed by atoms with Crippen molar-refractivity contribution in [1.29, 1.82) is 0 Å². The Bertz CT molecular complexity index is 394. The minimum atomic E-state index is -0.502. The van der Waals surface area contributed by atoms with E-state index in [-0.39, 0.29) is 17.7 Å². The highest BCUT2D eigenvalue weighted by atomic mass is 19.1. The Morgan fingerprint density at radius 1 is 1.59 bits per heavy atom. The number of hydrogen-bond acceptors (Lipinski definition) is 3. The Kier molecular flexibility index (Phi) is 4.90. The number of carbonyl (C=O) groups excluding carboxylic acids is 1. The van der Waals surface area contributed by atoms with Gasteiger partial charge < -0.3 is 15.8 Å². The maximum Gasteiger partial charge on any atom is 0.224 e. The van der Waals surface area contributed by atoms with Crippen LogP contribution in [0.25, 0.3) is 0 Å². The number of benzene rings is 1. The number of halogens is 1. The number of ether oxygens (including phenoxy) is 1. The van der Waals surface area contributed by atoms with Gasteiger partial charge in [-0.1, -0.05) is 0 Å². The van der Waals surface area contributed by atoms with Crippen molar-refractivity contribution in [3.05, 3.63) is 24.0 Å². The van der Waals surface area contributed by atoms with E-state index < -0.39 is 5.82 Å². The van der Waals surface area contributed by atoms with Crippen LogP contribution >= 0.6 is 0 Å². The second-order valence-electron chi connectivity index (χ2n) is 3.91. The first kappa shape index (κ1) is 13.4. The van der Waals surface area contributed by atoms with Gasteiger partial charge in [-0.2, -0.15) is 0 Å². The van der Waals surface area contributed by atoms with E-state index in [4.69, 9.17) is 10.5 Å².